The molecule has 4 rings (SSSR count). The summed E-state index contributed by atoms with van der Waals surface area (Å²) in [5.74, 6) is -0.536. The summed E-state index contributed by atoms with van der Waals surface area (Å²) in [7, 11) is 0. The van der Waals surface area contributed by atoms with Gasteiger partial charge in [0, 0.05) is 31.4 Å². The van der Waals surface area contributed by atoms with E-state index < -0.39 is 58.8 Å². The maximum atomic E-state index is 13.4. The van der Waals surface area contributed by atoms with Crippen molar-refractivity contribution >= 4 is 29.0 Å². The number of aromatic nitrogens is 3. The van der Waals surface area contributed by atoms with Gasteiger partial charge in [-0.05, 0) is 26.8 Å². The minimum atomic E-state index is -4.90. The van der Waals surface area contributed by atoms with Crippen LogP contribution in [0.1, 0.15) is 38.3 Å². The van der Waals surface area contributed by atoms with Crippen LogP contribution in [0.3, 0.4) is 0 Å². The van der Waals surface area contributed by atoms with Crippen LogP contribution in [0.15, 0.2) is 23.3 Å². The van der Waals surface area contributed by atoms with Gasteiger partial charge in [-0.3, -0.25) is 14.4 Å². The highest BCUT2D eigenvalue weighted by atomic mass is 19.4. The number of aromatic amines is 1. The van der Waals surface area contributed by atoms with Crippen LogP contribution in [0.5, 0.6) is 0 Å². The third kappa shape index (κ3) is 6.44. The molecule has 0 saturated carbocycles. The van der Waals surface area contributed by atoms with Gasteiger partial charge in [0.2, 0.25) is 5.91 Å². The molecule has 0 bridgehead atoms. The summed E-state index contributed by atoms with van der Waals surface area (Å²) in [5, 5.41) is 7.67. The molecule has 0 aromatic carbocycles. The number of rotatable bonds is 8. The Hall–Kier alpha value is -3.89. The molecule has 230 valence electrons. The average molecular weight is 606 g/mol. The van der Waals surface area contributed by atoms with E-state index in [0.29, 0.717) is 0 Å². The van der Waals surface area contributed by atoms with Crippen molar-refractivity contribution in [2.24, 2.45) is 0 Å². The standard InChI is InChI=1S/C25H29F6N7O4/c1-13(2)38-17-8-15(24(26,27)28)9-32-21(17)37-6-5-36(11-18(37)23(38)41)19(39)4-7-42-12-14(3)34-16-10-33-35-22(40)20(16)25(29,30)31/h8-10,13-14,18H,4-7,11-12H2,1-3H3,(H2,34,35,40)/t14-,18+/m0/s1. The normalized spacial score (nSPS) is 18.2. The summed E-state index contributed by atoms with van der Waals surface area (Å²) < 4.78 is 85.1. The molecular weight excluding hydrogens is 576 g/mol. The number of alkyl halides is 6. The number of pyridine rings is 1. The fourth-order valence-corrected chi connectivity index (χ4v) is 4.96. The molecule has 11 nitrogen and oxygen atoms in total. The number of carbonyl (C=O) groups is 2. The van der Waals surface area contributed by atoms with E-state index in [4.69, 9.17) is 4.74 Å². The number of H-pyrrole nitrogens is 1. The summed E-state index contributed by atoms with van der Waals surface area (Å²) in [5.41, 5.74) is -4.20. The van der Waals surface area contributed by atoms with Crippen LogP contribution in [0.4, 0.5) is 43.5 Å². The van der Waals surface area contributed by atoms with Gasteiger partial charge in [-0.25, -0.2) is 10.1 Å². The Morgan fingerprint density at radius 3 is 2.48 bits per heavy atom. The highest BCUT2D eigenvalue weighted by Crippen LogP contribution is 2.41. The van der Waals surface area contributed by atoms with E-state index in [-0.39, 0.29) is 56.7 Å². The molecule has 2 N–H and O–H groups in total. The van der Waals surface area contributed by atoms with E-state index in [2.05, 4.69) is 15.4 Å². The minimum Gasteiger partial charge on any atom is -0.379 e. The van der Waals surface area contributed by atoms with Crippen molar-refractivity contribution < 1.29 is 40.7 Å². The van der Waals surface area contributed by atoms with Crippen LogP contribution in [0.25, 0.3) is 0 Å². The van der Waals surface area contributed by atoms with E-state index in [9.17, 15) is 40.7 Å². The van der Waals surface area contributed by atoms with Crippen LogP contribution >= 0.6 is 0 Å². The Labute approximate surface area is 235 Å². The molecule has 2 aliphatic heterocycles. The van der Waals surface area contributed by atoms with E-state index in [1.165, 1.54) is 16.7 Å². The van der Waals surface area contributed by atoms with Crippen molar-refractivity contribution in [1.82, 2.24) is 20.1 Å². The number of fused-ring (bicyclic) bond motifs is 3. The first-order chi connectivity index (χ1) is 19.6. The molecule has 1 saturated heterocycles. The molecule has 0 radical (unpaired) electrons. The molecule has 2 aromatic heterocycles. The Morgan fingerprint density at radius 2 is 1.83 bits per heavy atom. The second kappa shape index (κ2) is 11.8. The van der Waals surface area contributed by atoms with Crippen molar-refractivity contribution in [3.8, 4) is 0 Å². The van der Waals surface area contributed by atoms with Crippen LogP contribution < -0.4 is 20.7 Å². The molecular formula is C25H29F6N7O4. The van der Waals surface area contributed by atoms with Crippen LogP contribution in [-0.4, -0.2) is 82.9 Å². The van der Waals surface area contributed by atoms with Crippen molar-refractivity contribution in [3.05, 3.63) is 39.9 Å². The fraction of sp³-hybridized carbons (Fsp3) is 0.560. The SMILES string of the molecule is CC(C)N1C(=O)[C@H]2CN(C(=O)CCOC[C@H](C)Nc3cn[nH]c(=O)c3C(F)(F)F)CCN2c2ncc(C(F)(F)F)cc21. The zero-order chi connectivity index (χ0) is 31.0. The average Bonchev–Trinajstić information content (AvgIpc) is 2.89. The van der Waals surface area contributed by atoms with E-state index >= 15 is 0 Å². The lowest BCUT2D eigenvalue weighted by Gasteiger charge is -2.48. The Balaban J connectivity index is 1.34. The lowest BCUT2D eigenvalue weighted by atomic mass is 10.0. The predicted octanol–water partition coefficient (Wildman–Crippen LogP) is 2.88. The summed E-state index contributed by atoms with van der Waals surface area (Å²) >= 11 is 0. The number of piperazine rings is 1. The molecule has 2 atom stereocenters. The van der Waals surface area contributed by atoms with Crippen molar-refractivity contribution in [2.45, 2.75) is 57.7 Å². The molecule has 0 spiro atoms. The predicted molar refractivity (Wildman–Crippen MR) is 138 cm³/mol. The summed E-state index contributed by atoms with van der Waals surface area (Å²) in [6.45, 7) is 5.09. The van der Waals surface area contributed by atoms with E-state index in [1.807, 2.05) is 0 Å². The van der Waals surface area contributed by atoms with Crippen LogP contribution in [-0.2, 0) is 26.7 Å². The molecule has 0 unspecified atom stereocenters. The van der Waals surface area contributed by atoms with Gasteiger partial charge in [-0.15, -0.1) is 0 Å². The van der Waals surface area contributed by atoms with Crippen LogP contribution in [0.2, 0.25) is 0 Å². The van der Waals surface area contributed by atoms with Gasteiger partial charge in [0.25, 0.3) is 11.5 Å². The highest BCUT2D eigenvalue weighted by molar-refractivity contribution is 6.05. The number of amides is 2. The quantitative estimate of drug-likeness (QED) is 0.348. The number of nitrogens with zero attached hydrogens (tertiary/aromatic N) is 5. The topological polar surface area (TPSA) is 124 Å². The molecule has 17 heteroatoms. The van der Waals surface area contributed by atoms with E-state index in [0.717, 1.165) is 18.5 Å². The first kappa shape index (κ1) is 31.1. The molecule has 2 aromatic rings. The molecule has 0 aliphatic carbocycles. The number of anilines is 3. The lowest BCUT2D eigenvalue weighted by Crippen LogP contribution is -2.64. The molecule has 2 amide bonds. The second-order valence-corrected chi connectivity index (χ2v) is 10.3. The summed E-state index contributed by atoms with van der Waals surface area (Å²) in [6, 6.07) is -1.05. The van der Waals surface area contributed by atoms with Gasteiger partial charge >= 0.3 is 12.4 Å². The largest absolute Gasteiger partial charge is 0.423 e. The van der Waals surface area contributed by atoms with Gasteiger partial charge in [0.15, 0.2) is 5.82 Å². The Morgan fingerprint density at radius 1 is 1.12 bits per heavy atom. The number of hydrogen-bond acceptors (Lipinski definition) is 8. The second-order valence-electron chi connectivity index (χ2n) is 10.3. The molecule has 4 heterocycles. The number of hydrogen-bond donors (Lipinski definition) is 2. The first-order valence-electron chi connectivity index (χ1n) is 13.0. The van der Waals surface area contributed by atoms with E-state index in [1.54, 1.807) is 23.8 Å². The van der Waals surface area contributed by atoms with Crippen molar-refractivity contribution in [1.29, 1.82) is 0 Å². The lowest BCUT2D eigenvalue weighted by molar-refractivity contribution is -0.138. The van der Waals surface area contributed by atoms with Gasteiger partial charge in [-0.2, -0.15) is 31.4 Å². The number of nitrogens with one attached hydrogen (secondary N) is 2. The highest BCUT2D eigenvalue weighted by Gasteiger charge is 2.45. The monoisotopic (exact) mass is 605 g/mol. The van der Waals surface area contributed by atoms with Gasteiger partial charge in [0.1, 0.15) is 11.6 Å². The zero-order valence-electron chi connectivity index (χ0n) is 22.8. The summed E-state index contributed by atoms with van der Waals surface area (Å²) in [4.78, 5) is 46.3. The van der Waals surface area contributed by atoms with Gasteiger partial charge < -0.3 is 24.8 Å². The fourth-order valence-electron chi connectivity index (χ4n) is 4.96. The van der Waals surface area contributed by atoms with Crippen molar-refractivity contribution in [3.63, 3.8) is 0 Å². The number of halogens is 6. The maximum Gasteiger partial charge on any atom is 0.423 e. The van der Waals surface area contributed by atoms with Crippen LogP contribution in [0, 0.1) is 0 Å². The van der Waals surface area contributed by atoms with Gasteiger partial charge in [-0.1, -0.05) is 0 Å². The smallest absolute Gasteiger partial charge is 0.379 e. The maximum absolute atomic E-state index is 13.4. The third-order valence-electron chi connectivity index (χ3n) is 6.85. The van der Waals surface area contributed by atoms with Gasteiger partial charge in [0.05, 0.1) is 49.3 Å². The third-order valence-corrected chi connectivity index (χ3v) is 6.85. The summed E-state index contributed by atoms with van der Waals surface area (Å²) in [6.07, 6.45) is -8.03. The number of carbonyl (C=O) groups excluding carboxylic acids is 2. The number of ether oxygens (including phenoxy) is 1. The minimum absolute atomic E-state index is 0.00321. The molecule has 42 heavy (non-hydrogen) atoms. The molecule has 2 aliphatic rings. The molecule has 1 fully saturated rings. The first-order valence-corrected chi connectivity index (χ1v) is 13.0. The van der Waals surface area contributed by atoms with Crippen molar-refractivity contribution in [2.75, 3.05) is 48.0 Å². The zero-order valence-corrected chi connectivity index (χ0v) is 22.8. The Bertz CT molecular complexity index is 1380. The Kier molecular flexibility index (Phi) is 8.71.